The van der Waals surface area contributed by atoms with Gasteiger partial charge < -0.3 is 24.3 Å². The van der Waals surface area contributed by atoms with E-state index >= 15 is 0 Å². The summed E-state index contributed by atoms with van der Waals surface area (Å²) < 4.78 is 21.9. The van der Waals surface area contributed by atoms with E-state index in [1.54, 1.807) is 48.5 Å². The molecule has 0 atom stereocenters. The van der Waals surface area contributed by atoms with Gasteiger partial charge in [-0.2, -0.15) is 5.10 Å². The van der Waals surface area contributed by atoms with Crippen molar-refractivity contribution in [2.75, 3.05) is 26.1 Å². The lowest BCUT2D eigenvalue weighted by Gasteiger charge is -2.13. The molecular weight excluding hydrogens is 521 g/mol. The molecule has 0 aliphatic carbocycles. The highest BCUT2D eigenvalue weighted by Gasteiger charge is 2.16. The number of rotatable bonds is 10. The molecule has 0 radical (unpaired) electrons. The highest BCUT2D eigenvalue weighted by Crippen LogP contribution is 2.31. The topological polar surface area (TPSA) is 107 Å². The van der Waals surface area contributed by atoms with E-state index in [-0.39, 0.29) is 12.3 Å². The zero-order chi connectivity index (χ0) is 26.8. The lowest BCUT2D eigenvalue weighted by molar-refractivity contribution is -0.136. The van der Waals surface area contributed by atoms with Gasteiger partial charge in [0.1, 0.15) is 18.1 Å². The Morgan fingerprint density at radius 3 is 2.38 bits per heavy atom. The largest absolute Gasteiger partial charge is 0.497 e. The van der Waals surface area contributed by atoms with Gasteiger partial charge in [-0.25, -0.2) is 5.43 Å². The number of anilines is 1. The zero-order valence-electron chi connectivity index (χ0n) is 20.3. The Morgan fingerprint density at radius 1 is 0.892 bits per heavy atom. The third-order valence-corrected chi connectivity index (χ3v) is 5.49. The van der Waals surface area contributed by atoms with Gasteiger partial charge in [0.2, 0.25) is 0 Å². The SMILES string of the molecule is CCOc1cc(/C=N/NC(=O)C(=O)Nc2cc(OC)ccc2OC)ccc1OCc1ccc(Cl)cc1Cl. The molecule has 0 bridgehead atoms. The molecule has 0 saturated heterocycles. The lowest BCUT2D eigenvalue weighted by Crippen LogP contribution is -2.32. The standard InChI is InChI=1S/C26H25Cl2N3O6/c1-4-36-24-11-16(5-9-23(24)37-15-17-6-7-18(27)12-20(17)28)14-29-31-26(33)25(32)30-21-13-19(34-2)8-10-22(21)35-3/h5-14H,4,15H2,1-3H3,(H,30,32)(H,31,33)/b29-14+. The highest BCUT2D eigenvalue weighted by molar-refractivity contribution is 6.39. The first-order chi connectivity index (χ1) is 17.8. The van der Waals surface area contributed by atoms with Gasteiger partial charge >= 0.3 is 11.8 Å². The van der Waals surface area contributed by atoms with Crippen LogP contribution in [-0.2, 0) is 16.2 Å². The number of ether oxygens (including phenoxy) is 4. The fourth-order valence-corrected chi connectivity index (χ4v) is 3.56. The quantitative estimate of drug-likeness (QED) is 0.209. The van der Waals surface area contributed by atoms with E-state index in [9.17, 15) is 9.59 Å². The van der Waals surface area contributed by atoms with E-state index in [1.165, 1.54) is 26.5 Å². The molecular formula is C26H25Cl2N3O6. The molecule has 3 rings (SSSR count). The van der Waals surface area contributed by atoms with Crippen molar-refractivity contribution in [1.29, 1.82) is 0 Å². The van der Waals surface area contributed by atoms with Crippen molar-refractivity contribution in [1.82, 2.24) is 5.43 Å². The maximum atomic E-state index is 12.3. The van der Waals surface area contributed by atoms with Crippen LogP contribution in [0.25, 0.3) is 0 Å². The Kier molecular flexibility index (Phi) is 10.00. The van der Waals surface area contributed by atoms with Crippen molar-refractivity contribution in [3.8, 4) is 23.0 Å². The van der Waals surface area contributed by atoms with E-state index in [2.05, 4.69) is 15.8 Å². The molecule has 0 unspecified atom stereocenters. The first-order valence-corrected chi connectivity index (χ1v) is 11.8. The number of carbonyl (C=O) groups excluding carboxylic acids is 2. The number of hydrazone groups is 1. The number of hydrogen-bond donors (Lipinski definition) is 2. The fraction of sp³-hybridized carbons (Fsp3) is 0.192. The molecule has 0 aromatic heterocycles. The minimum atomic E-state index is -0.967. The molecule has 194 valence electrons. The summed E-state index contributed by atoms with van der Waals surface area (Å²) in [5, 5.41) is 7.36. The minimum Gasteiger partial charge on any atom is -0.497 e. The number of nitrogens with one attached hydrogen (secondary N) is 2. The van der Waals surface area contributed by atoms with Gasteiger partial charge in [0.25, 0.3) is 0 Å². The van der Waals surface area contributed by atoms with Crippen LogP contribution in [-0.4, -0.2) is 38.9 Å². The molecule has 0 saturated carbocycles. The number of hydrogen-bond acceptors (Lipinski definition) is 7. The predicted octanol–water partition coefficient (Wildman–Crippen LogP) is 5.08. The highest BCUT2D eigenvalue weighted by atomic mass is 35.5. The molecule has 37 heavy (non-hydrogen) atoms. The lowest BCUT2D eigenvalue weighted by atomic mass is 10.2. The molecule has 0 aliphatic heterocycles. The third kappa shape index (κ3) is 7.77. The fourth-order valence-electron chi connectivity index (χ4n) is 3.09. The average molecular weight is 546 g/mol. The number of benzene rings is 3. The summed E-state index contributed by atoms with van der Waals surface area (Å²) in [6, 6.07) is 15.1. The summed E-state index contributed by atoms with van der Waals surface area (Å²) in [5.41, 5.74) is 3.85. The van der Waals surface area contributed by atoms with Crippen LogP contribution in [0.2, 0.25) is 10.0 Å². The summed E-state index contributed by atoms with van der Waals surface area (Å²) in [6.45, 7) is 2.47. The van der Waals surface area contributed by atoms with Crippen molar-refractivity contribution in [2.24, 2.45) is 5.10 Å². The zero-order valence-corrected chi connectivity index (χ0v) is 21.9. The number of methoxy groups -OCH3 is 2. The van der Waals surface area contributed by atoms with Gasteiger partial charge in [-0.05, 0) is 55.0 Å². The van der Waals surface area contributed by atoms with Gasteiger partial charge in [-0.3, -0.25) is 9.59 Å². The first kappa shape index (κ1) is 27.6. The van der Waals surface area contributed by atoms with Crippen LogP contribution < -0.4 is 29.7 Å². The van der Waals surface area contributed by atoms with E-state index in [0.717, 1.165) is 5.56 Å². The molecule has 0 heterocycles. The number of amides is 2. The Labute approximate surface area is 224 Å². The van der Waals surface area contributed by atoms with E-state index in [4.69, 9.17) is 42.1 Å². The molecule has 11 heteroatoms. The van der Waals surface area contributed by atoms with Gasteiger partial charge in [0.05, 0.1) is 32.7 Å². The average Bonchev–Trinajstić information content (AvgIpc) is 2.89. The normalized spacial score (nSPS) is 10.6. The monoisotopic (exact) mass is 545 g/mol. The summed E-state index contributed by atoms with van der Waals surface area (Å²) >= 11 is 12.2. The number of nitrogens with zero attached hydrogens (tertiary/aromatic N) is 1. The second kappa shape index (κ2) is 13.4. The van der Waals surface area contributed by atoms with Crippen LogP contribution in [0.4, 0.5) is 5.69 Å². The minimum absolute atomic E-state index is 0.215. The van der Waals surface area contributed by atoms with Crippen LogP contribution in [0.15, 0.2) is 59.7 Å². The molecule has 0 fully saturated rings. The van der Waals surface area contributed by atoms with Crippen LogP contribution >= 0.6 is 23.2 Å². The van der Waals surface area contributed by atoms with Crippen LogP contribution in [0.5, 0.6) is 23.0 Å². The second-order valence-electron chi connectivity index (χ2n) is 7.38. The smallest absolute Gasteiger partial charge is 0.329 e. The molecule has 3 aromatic rings. The van der Waals surface area contributed by atoms with E-state index in [1.807, 2.05) is 6.92 Å². The predicted molar refractivity (Wildman–Crippen MR) is 142 cm³/mol. The van der Waals surface area contributed by atoms with Crippen molar-refractivity contribution >= 4 is 46.9 Å². The van der Waals surface area contributed by atoms with Gasteiger partial charge in [0, 0.05) is 21.7 Å². The van der Waals surface area contributed by atoms with Gasteiger partial charge in [-0.15, -0.1) is 0 Å². The van der Waals surface area contributed by atoms with Crippen LogP contribution in [0.1, 0.15) is 18.1 Å². The summed E-state index contributed by atoms with van der Waals surface area (Å²) in [6.07, 6.45) is 1.37. The van der Waals surface area contributed by atoms with E-state index < -0.39 is 11.8 Å². The first-order valence-electron chi connectivity index (χ1n) is 11.0. The maximum absolute atomic E-state index is 12.3. The molecule has 2 N–H and O–H groups in total. The Morgan fingerprint density at radius 2 is 1.68 bits per heavy atom. The van der Waals surface area contributed by atoms with Crippen LogP contribution in [0, 0.1) is 0 Å². The summed E-state index contributed by atoms with van der Waals surface area (Å²) in [4.78, 5) is 24.5. The van der Waals surface area contributed by atoms with Crippen molar-refractivity contribution in [2.45, 2.75) is 13.5 Å². The maximum Gasteiger partial charge on any atom is 0.329 e. The number of halogens is 2. The van der Waals surface area contributed by atoms with Crippen molar-refractivity contribution in [3.63, 3.8) is 0 Å². The molecule has 9 nitrogen and oxygen atoms in total. The van der Waals surface area contributed by atoms with E-state index in [0.29, 0.717) is 45.2 Å². The van der Waals surface area contributed by atoms with Gasteiger partial charge in [-0.1, -0.05) is 29.3 Å². The Balaban J connectivity index is 1.63. The molecule has 2 amide bonds. The molecule has 0 aliphatic rings. The third-order valence-electron chi connectivity index (χ3n) is 4.91. The molecule has 3 aromatic carbocycles. The summed E-state index contributed by atoms with van der Waals surface area (Å²) in [7, 11) is 2.93. The summed E-state index contributed by atoms with van der Waals surface area (Å²) in [5.74, 6) is -0.0569. The Bertz CT molecular complexity index is 1300. The Hall–Kier alpha value is -3.95. The molecule has 0 spiro atoms. The number of carbonyl (C=O) groups is 2. The van der Waals surface area contributed by atoms with Crippen molar-refractivity contribution in [3.05, 3.63) is 75.8 Å². The van der Waals surface area contributed by atoms with Crippen LogP contribution in [0.3, 0.4) is 0 Å². The second-order valence-corrected chi connectivity index (χ2v) is 8.23. The van der Waals surface area contributed by atoms with Crippen molar-refractivity contribution < 1.29 is 28.5 Å². The van der Waals surface area contributed by atoms with Gasteiger partial charge in [0.15, 0.2) is 11.5 Å².